The van der Waals surface area contributed by atoms with Gasteiger partial charge in [0.1, 0.15) is 53.8 Å². The number of unbranched alkanes of at least 4 members (excludes halogenated alkanes) is 1. The number of nitrogens with two attached hydrogens (primary N) is 1. The van der Waals surface area contributed by atoms with Gasteiger partial charge in [-0.15, -0.1) is 0 Å². The minimum absolute atomic E-state index is 0.0536. The molecule has 400 valence electrons. The van der Waals surface area contributed by atoms with E-state index in [1.807, 2.05) is 25.1 Å². The van der Waals surface area contributed by atoms with Crippen molar-refractivity contribution in [2.24, 2.45) is 11.1 Å². The number of halogens is 1. The lowest BCUT2D eigenvalue weighted by Crippen LogP contribution is -2.47. The summed E-state index contributed by atoms with van der Waals surface area (Å²) in [6.07, 6.45) is 7.88. The van der Waals surface area contributed by atoms with Crippen LogP contribution in [0.5, 0.6) is 0 Å². The number of rotatable bonds is 31. The van der Waals surface area contributed by atoms with Gasteiger partial charge in [-0.25, -0.2) is 15.0 Å². The number of nitrogens with one attached hydrogen (secondary N) is 4. The number of benzene rings is 1. The smallest absolute Gasteiger partial charge is 0.322 e. The van der Waals surface area contributed by atoms with E-state index >= 15 is 0 Å². The Hall–Kier alpha value is -6.31. The molecule has 1 saturated carbocycles. The molecule has 23 nitrogen and oxygen atoms in total. The monoisotopic (exact) mass is 1090 g/mol. The highest BCUT2D eigenvalue weighted by Crippen LogP contribution is 2.62. The topological polar surface area (TPSA) is 300 Å². The third kappa shape index (κ3) is 16.1. The van der Waals surface area contributed by atoms with Crippen molar-refractivity contribution in [1.29, 1.82) is 0 Å². The van der Waals surface area contributed by atoms with Crippen LogP contribution in [0.25, 0.3) is 22.0 Å². The average molecular weight is 1090 g/mol. The highest BCUT2D eigenvalue weighted by atomic mass is 79.9. The van der Waals surface area contributed by atoms with Gasteiger partial charge in [-0.2, -0.15) is 5.10 Å². The molecule has 2 aliphatic rings. The largest absolute Gasteiger partial charge is 0.468 e. The van der Waals surface area contributed by atoms with Crippen LogP contribution < -0.4 is 27.0 Å². The predicted molar refractivity (Wildman–Crippen MR) is 272 cm³/mol. The number of hydrogen-bond donors (Lipinski definition) is 5. The number of piperidine rings is 1. The molecule has 5 amide bonds. The summed E-state index contributed by atoms with van der Waals surface area (Å²) in [4.78, 5) is 104. The minimum atomic E-state index is -0.848. The van der Waals surface area contributed by atoms with E-state index in [-0.39, 0.29) is 144 Å². The maximum Gasteiger partial charge on any atom is 0.322 e. The lowest BCUT2D eigenvalue weighted by Gasteiger charge is -2.27. The molecule has 1 aliphatic carbocycles. The van der Waals surface area contributed by atoms with Crippen molar-refractivity contribution >= 4 is 73.9 Å². The zero-order chi connectivity index (χ0) is 53.2. The van der Waals surface area contributed by atoms with Crippen LogP contribution in [0, 0.1) is 12.3 Å². The highest BCUT2D eigenvalue weighted by molar-refractivity contribution is 9.10. The highest BCUT2D eigenvalue weighted by Gasteiger charge is 2.66. The Bertz CT molecular complexity index is 2620. The number of Topliss-reactive ketones (excluding diaryl/α,β-unsaturated/α-hetero) is 1. The second-order valence-electron chi connectivity index (χ2n) is 18.2. The molecule has 0 radical (unpaired) electrons. The SMILES string of the molecule is CCCC[C@@]12C[C@@H](C(=O)Nc3nc(Br)ccc3C)N(C(=O)Cn3nc(C(C)=O)c4cc(-c5cnc(CNC(=O)COCCOCCNC(=O)COCCOCCNC(=O)CC[C@H](N)C(=O)OC)nc5)ccc43)[C@@H]1C2. The number of hydrogen-bond acceptors (Lipinski definition) is 17. The molecule has 0 bridgehead atoms. The standard InChI is InChI=1S/C50H66BrN11O12/c1-5-6-13-50-23-38(48(68)59-47-31(2)7-11-40(51)58-47)62(39(50)24-50)45(67)28-61-37-10-8-33(22-35(37)46(60-61)32(3)63)34-25-55-41(56-26-34)27-57-44(66)30-74-21-19-72-17-15-54-43(65)29-73-20-18-71-16-14-53-42(64)12-9-36(52)49(69)70-4/h7-8,10-11,22,25-26,36,38-39H,5-6,9,12-21,23-24,27-30,52H2,1-4H3,(H,53,64)(H,54,65)(H,57,66)(H,58,59,68)/t36-,38-,39+,50-/m0/s1. The van der Waals surface area contributed by atoms with Crippen LogP contribution in [-0.4, -0.2) is 162 Å². The molecule has 24 heteroatoms. The fraction of sp³-hybridized carbons (Fsp3) is 0.540. The van der Waals surface area contributed by atoms with Gasteiger partial charge >= 0.3 is 5.97 Å². The third-order valence-corrected chi connectivity index (χ3v) is 13.2. The summed E-state index contributed by atoms with van der Waals surface area (Å²) < 4.78 is 28.1. The Morgan fingerprint density at radius 1 is 0.851 bits per heavy atom. The molecule has 0 unspecified atom stereocenters. The van der Waals surface area contributed by atoms with Crippen LogP contribution in [0.1, 0.15) is 80.7 Å². The van der Waals surface area contributed by atoms with Gasteiger partial charge in [-0.1, -0.05) is 31.9 Å². The second kappa shape index (κ2) is 27.8. The minimum Gasteiger partial charge on any atom is -0.468 e. The fourth-order valence-corrected chi connectivity index (χ4v) is 9.01. The fourth-order valence-electron chi connectivity index (χ4n) is 8.70. The number of ether oxygens (including phenoxy) is 5. The van der Waals surface area contributed by atoms with E-state index in [9.17, 15) is 33.6 Å². The average Bonchev–Trinajstić information content (AvgIpc) is 3.81. The van der Waals surface area contributed by atoms with Gasteiger partial charge in [-0.3, -0.25) is 38.2 Å². The number of aryl methyl sites for hydroxylation is 1. The zero-order valence-corrected chi connectivity index (χ0v) is 43.8. The molecule has 1 aromatic carbocycles. The Morgan fingerprint density at radius 3 is 2.18 bits per heavy atom. The summed E-state index contributed by atoms with van der Waals surface area (Å²) in [6, 6.07) is 7.55. The number of carbonyl (C=O) groups excluding carboxylic acids is 7. The summed E-state index contributed by atoms with van der Waals surface area (Å²) in [6.45, 7) is 6.71. The number of likely N-dealkylation sites (tertiary alicyclic amines) is 1. The molecular weight excluding hydrogens is 1030 g/mol. The maximum absolute atomic E-state index is 14.3. The molecule has 4 heterocycles. The van der Waals surface area contributed by atoms with E-state index < -0.39 is 18.1 Å². The Morgan fingerprint density at radius 2 is 1.51 bits per heavy atom. The van der Waals surface area contributed by atoms with Crippen molar-refractivity contribution in [2.45, 2.75) is 96.9 Å². The lowest BCUT2D eigenvalue weighted by molar-refractivity contribution is -0.142. The number of esters is 1. The van der Waals surface area contributed by atoms with Gasteiger partial charge in [-0.05, 0) is 83.3 Å². The van der Waals surface area contributed by atoms with Crippen molar-refractivity contribution in [2.75, 3.05) is 78.4 Å². The molecule has 4 aromatic rings. The maximum atomic E-state index is 14.3. The third-order valence-electron chi connectivity index (χ3n) is 12.7. The van der Waals surface area contributed by atoms with Gasteiger partial charge in [0, 0.05) is 55.8 Å². The van der Waals surface area contributed by atoms with Crippen LogP contribution in [0.2, 0.25) is 0 Å². The van der Waals surface area contributed by atoms with Gasteiger partial charge in [0.05, 0.1) is 58.8 Å². The van der Waals surface area contributed by atoms with E-state index in [1.165, 1.54) is 18.7 Å². The molecule has 6 N–H and O–H groups in total. The molecule has 0 spiro atoms. The summed E-state index contributed by atoms with van der Waals surface area (Å²) in [5.74, 6) is -1.52. The van der Waals surface area contributed by atoms with E-state index in [0.717, 1.165) is 36.8 Å². The molecule has 1 aliphatic heterocycles. The van der Waals surface area contributed by atoms with E-state index in [2.05, 4.69) is 68.9 Å². The summed E-state index contributed by atoms with van der Waals surface area (Å²) in [5, 5.41) is 16.2. The van der Waals surface area contributed by atoms with Crippen LogP contribution in [0.15, 0.2) is 47.3 Å². The van der Waals surface area contributed by atoms with Crippen molar-refractivity contribution < 1.29 is 57.2 Å². The van der Waals surface area contributed by atoms with Crippen molar-refractivity contribution in [1.82, 2.24) is 45.6 Å². The number of anilines is 1. The van der Waals surface area contributed by atoms with Crippen LogP contribution in [0.3, 0.4) is 0 Å². The van der Waals surface area contributed by atoms with Gasteiger partial charge in [0.25, 0.3) is 0 Å². The van der Waals surface area contributed by atoms with Crippen molar-refractivity contribution in [3.63, 3.8) is 0 Å². The number of nitrogens with zero attached hydrogens (tertiary/aromatic N) is 6. The molecular formula is C50H66BrN11O12. The summed E-state index contributed by atoms with van der Waals surface area (Å²) >= 11 is 3.38. The molecule has 1 saturated heterocycles. The molecule has 4 atom stereocenters. The van der Waals surface area contributed by atoms with Crippen LogP contribution in [-0.2, 0) is 65.5 Å². The summed E-state index contributed by atoms with van der Waals surface area (Å²) in [5.41, 5.74) is 8.49. The Kier molecular flexibility index (Phi) is 21.4. The van der Waals surface area contributed by atoms with Crippen molar-refractivity contribution in [3.05, 3.63) is 64.4 Å². The lowest BCUT2D eigenvalue weighted by atomic mass is 9.93. The van der Waals surface area contributed by atoms with Crippen LogP contribution in [0.4, 0.5) is 5.82 Å². The quantitative estimate of drug-likeness (QED) is 0.0209. The number of carbonyl (C=O) groups is 7. The number of aromatic nitrogens is 5. The first-order chi connectivity index (χ1) is 35.6. The van der Waals surface area contributed by atoms with Gasteiger partial charge in [0.15, 0.2) is 5.78 Å². The number of fused-ring (bicyclic) bond motifs is 2. The number of pyridine rings is 1. The number of amides is 5. The molecule has 2 fully saturated rings. The first kappa shape index (κ1) is 57.0. The number of ketones is 1. The predicted octanol–water partition coefficient (Wildman–Crippen LogP) is 2.55. The normalized spacial score (nSPS) is 17.1. The van der Waals surface area contributed by atoms with E-state index in [4.69, 9.17) is 24.7 Å². The second-order valence-corrected chi connectivity index (χ2v) is 19.0. The van der Waals surface area contributed by atoms with Crippen molar-refractivity contribution in [3.8, 4) is 11.1 Å². The Balaban J connectivity index is 0.871. The molecule has 74 heavy (non-hydrogen) atoms. The van der Waals surface area contributed by atoms with Gasteiger partial charge in [0.2, 0.25) is 29.5 Å². The Labute approximate surface area is 437 Å². The van der Waals surface area contributed by atoms with E-state index in [1.54, 1.807) is 29.4 Å². The first-order valence-corrected chi connectivity index (χ1v) is 25.4. The van der Waals surface area contributed by atoms with Crippen LogP contribution >= 0.6 is 15.9 Å². The molecule has 3 aromatic heterocycles. The number of methoxy groups -OCH3 is 1. The zero-order valence-electron chi connectivity index (χ0n) is 42.2. The first-order valence-electron chi connectivity index (χ1n) is 24.7. The molecule has 6 rings (SSSR count). The summed E-state index contributed by atoms with van der Waals surface area (Å²) in [7, 11) is 1.23. The van der Waals surface area contributed by atoms with E-state index in [0.29, 0.717) is 39.1 Å². The van der Waals surface area contributed by atoms with Gasteiger partial charge < -0.3 is 55.6 Å².